The molecule has 0 spiro atoms. The molecule has 3 heteroatoms. The number of rotatable bonds is 0. The highest BCUT2D eigenvalue weighted by Crippen LogP contribution is 2.63. The number of carbonyl (C=O) groups is 2. The Kier molecular flexibility index (Phi) is 3.01. The maximum Gasteiger partial charge on any atom is 0.159 e. The highest BCUT2D eigenvalue weighted by atomic mass is 16.3. The Balaban J connectivity index is 1.76. The van der Waals surface area contributed by atoms with Crippen LogP contribution in [0.1, 0.15) is 58.8 Å². The van der Waals surface area contributed by atoms with Crippen LogP contribution >= 0.6 is 0 Å². The monoisotopic (exact) mass is 302 g/mol. The third-order valence-corrected chi connectivity index (χ3v) is 7.63. The van der Waals surface area contributed by atoms with Gasteiger partial charge < -0.3 is 5.11 Å². The minimum Gasteiger partial charge on any atom is -0.393 e. The summed E-state index contributed by atoms with van der Waals surface area (Å²) in [6.07, 6.45) is 7.51. The van der Waals surface area contributed by atoms with Gasteiger partial charge in [-0.05, 0) is 61.9 Å². The number of aliphatic hydroxyl groups is 1. The summed E-state index contributed by atoms with van der Waals surface area (Å²) in [7, 11) is 0. The zero-order chi connectivity index (χ0) is 15.7. The lowest BCUT2D eigenvalue weighted by molar-refractivity contribution is -0.139. The summed E-state index contributed by atoms with van der Waals surface area (Å²) < 4.78 is 0. The van der Waals surface area contributed by atoms with Crippen molar-refractivity contribution in [3.63, 3.8) is 0 Å². The van der Waals surface area contributed by atoms with Gasteiger partial charge >= 0.3 is 0 Å². The van der Waals surface area contributed by atoms with Gasteiger partial charge in [-0.25, -0.2) is 0 Å². The smallest absolute Gasteiger partial charge is 0.159 e. The Hall–Kier alpha value is -0.960. The lowest BCUT2D eigenvalue weighted by Gasteiger charge is -2.55. The van der Waals surface area contributed by atoms with Crippen molar-refractivity contribution in [2.45, 2.75) is 64.9 Å². The minimum absolute atomic E-state index is 0.0363. The summed E-state index contributed by atoms with van der Waals surface area (Å²) in [5, 5.41) is 9.97. The third-order valence-electron chi connectivity index (χ3n) is 7.63. The van der Waals surface area contributed by atoms with Crippen molar-refractivity contribution >= 4 is 11.6 Å². The van der Waals surface area contributed by atoms with Crippen LogP contribution in [0.4, 0.5) is 0 Å². The molecule has 0 bridgehead atoms. The van der Waals surface area contributed by atoms with Crippen LogP contribution in [0.25, 0.3) is 0 Å². The molecule has 0 aromatic rings. The van der Waals surface area contributed by atoms with Gasteiger partial charge in [-0.1, -0.05) is 19.4 Å². The molecule has 4 aliphatic carbocycles. The van der Waals surface area contributed by atoms with Crippen LogP contribution in [-0.4, -0.2) is 22.8 Å². The molecule has 0 aromatic heterocycles. The molecule has 0 radical (unpaired) electrons. The number of fused-ring (bicyclic) bond motifs is 5. The fourth-order valence-electron chi connectivity index (χ4n) is 6.16. The number of Topliss-reactive ketones (excluding diaryl/α,β-unsaturated/α-hetero) is 1. The number of aliphatic hydroxyl groups excluding tert-OH is 1. The predicted octanol–water partition coefficient (Wildman–Crippen LogP) is 3.06. The Morgan fingerprint density at radius 3 is 2.50 bits per heavy atom. The van der Waals surface area contributed by atoms with Crippen LogP contribution < -0.4 is 0 Å². The standard InChI is InChI=1S/C19H26O3/c1-18-7-5-12(20)9-11(18)10-15(21)17-13-3-4-16(22)19(13,2)8-6-14(17)18/h10,12-14,17,20H,3-9H2,1-2H3/t12-,13-,14+,17-,18-,19-/m0/s1. The molecule has 120 valence electrons. The van der Waals surface area contributed by atoms with E-state index in [9.17, 15) is 14.7 Å². The van der Waals surface area contributed by atoms with Crippen molar-refractivity contribution < 1.29 is 14.7 Å². The average molecular weight is 302 g/mol. The first-order valence-electron chi connectivity index (χ1n) is 8.82. The molecular formula is C19H26O3. The van der Waals surface area contributed by atoms with Gasteiger partial charge in [0.05, 0.1) is 6.10 Å². The molecule has 6 atom stereocenters. The molecule has 3 nitrogen and oxygen atoms in total. The lowest BCUT2D eigenvalue weighted by atomic mass is 9.48. The van der Waals surface area contributed by atoms with Crippen molar-refractivity contribution in [2.24, 2.45) is 28.6 Å². The zero-order valence-electron chi connectivity index (χ0n) is 13.6. The summed E-state index contributed by atoms with van der Waals surface area (Å²) in [5.41, 5.74) is 0.975. The van der Waals surface area contributed by atoms with E-state index in [-0.39, 0.29) is 34.6 Å². The Morgan fingerprint density at radius 2 is 1.73 bits per heavy atom. The highest BCUT2D eigenvalue weighted by Gasteiger charge is 2.60. The van der Waals surface area contributed by atoms with E-state index in [0.29, 0.717) is 24.5 Å². The second-order valence-corrected chi connectivity index (χ2v) is 8.54. The van der Waals surface area contributed by atoms with Gasteiger partial charge in [-0.2, -0.15) is 0 Å². The molecule has 0 heterocycles. The summed E-state index contributed by atoms with van der Waals surface area (Å²) >= 11 is 0. The molecule has 22 heavy (non-hydrogen) atoms. The van der Waals surface area contributed by atoms with Crippen molar-refractivity contribution in [3.8, 4) is 0 Å². The summed E-state index contributed by atoms with van der Waals surface area (Å²) in [6.45, 7) is 4.40. The largest absolute Gasteiger partial charge is 0.393 e. The Morgan fingerprint density at radius 1 is 1.05 bits per heavy atom. The molecule has 3 fully saturated rings. The maximum atomic E-state index is 12.9. The van der Waals surface area contributed by atoms with Crippen LogP contribution in [0.5, 0.6) is 0 Å². The number of hydrogen-bond acceptors (Lipinski definition) is 3. The summed E-state index contributed by atoms with van der Waals surface area (Å²) in [5.74, 6) is 1.26. The first-order chi connectivity index (χ1) is 10.4. The average Bonchev–Trinajstić information content (AvgIpc) is 2.77. The van der Waals surface area contributed by atoms with E-state index in [0.717, 1.165) is 32.1 Å². The molecule has 0 saturated heterocycles. The van der Waals surface area contributed by atoms with Crippen molar-refractivity contribution in [3.05, 3.63) is 11.6 Å². The van der Waals surface area contributed by atoms with Gasteiger partial charge in [-0.15, -0.1) is 0 Å². The number of allylic oxidation sites excluding steroid dienone is 1. The second-order valence-electron chi connectivity index (χ2n) is 8.54. The Labute approximate surface area is 132 Å². The van der Waals surface area contributed by atoms with E-state index in [2.05, 4.69) is 13.8 Å². The normalized spacial score (nSPS) is 51.0. The number of ketones is 2. The van der Waals surface area contributed by atoms with Gasteiger partial charge in [0.25, 0.3) is 0 Å². The molecular weight excluding hydrogens is 276 g/mol. The molecule has 4 aliphatic rings. The van der Waals surface area contributed by atoms with E-state index >= 15 is 0 Å². The first kappa shape index (κ1) is 14.6. The van der Waals surface area contributed by atoms with Gasteiger partial charge in [0.2, 0.25) is 0 Å². The number of carbonyl (C=O) groups excluding carboxylic acids is 2. The van der Waals surface area contributed by atoms with Crippen LogP contribution in [0.15, 0.2) is 11.6 Å². The fourth-order valence-corrected chi connectivity index (χ4v) is 6.16. The third kappa shape index (κ3) is 1.72. The maximum absolute atomic E-state index is 12.9. The molecule has 0 aliphatic heterocycles. The van der Waals surface area contributed by atoms with E-state index in [1.165, 1.54) is 5.57 Å². The Bertz CT molecular complexity index is 577. The van der Waals surface area contributed by atoms with Crippen molar-refractivity contribution in [2.75, 3.05) is 0 Å². The van der Waals surface area contributed by atoms with Crippen LogP contribution in [0.2, 0.25) is 0 Å². The summed E-state index contributed by atoms with van der Waals surface area (Å²) in [4.78, 5) is 25.2. The molecule has 0 aromatic carbocycles. The fraction of sp³-hybridized carbons (Fsp3) is 0.789. The molecule has 0 unspecified atom stereocenters. The molecule has 4 rings (SSSR count). The second kappa shape index (κ2) is 4.53. The van der Waals surface area contributed by atoms with Gasteiger partial charge in [0, 0.05) is 17.8 Å². The van der Waals surface area contributed by atoms with Crippen molar-refractivity contribution in [1.29, 1.82) is 0 Å². The number of hydrogen-bond donors (Lipinski definition) is 1. The predicted molar refractivity (Wildman–Crippen MR) is 83.1 cm³/mol. The molecule has 3 saturated carbocycles. The van der Waals surface area contributed by atoms with Crippen LogP contribution in [0.3, 0.4) is 0 Å². The van der Waals surface area contributed by atoms with E-state index in [4.69, 9.17) is 0 Å². The first-order valence-corrected chi connectivity index (χ1v) is 8.82. The van der Waals surface area contributed by atoms with Crippen molar-refractivity contribution in [1.82, 2.24) is 0 Å². The molecule has 1 N–H and O–H groups in total. The van der Waals surface area contributed by atoms with Gasteiger partial charge in [0.1, 0.15) is 5.78 Å². The van der Waals surface area contributed by atoms with Gasteiger partial charge in [-0.3, -0.25) is 9.59 Å². The van der Waals surface area contributed by atoms with E-state index < -0.39 is 0 Å². The van der Waals surface area contributed by atoms with E-state index in [1.807, 2.05) is 6.08 Å². The van der Waals surface area contributed by atoms with Gasteiger partial charge in [0.15, 0.2) is 5.78 Å². The topological polar surface area (TPSA) is 54.4 Å². The highest BCUT2D eigenvalue weighted by molar-refractivity contribution is 5.96. The SMILES string of the molecule is C[C@]12CC[C@H](O)CC1=CC(=O)[C@@H]1[C@H]2CC[C@]2(C)C(=O)CC[C@@H]12. The lowest BCUT2D eigenvalue weighted by Crippen LogP contribution is -2.53. The van der Waals surface area contributed by atoms with E-state index in [1.54, 1.807) is 0 Å². The quantitative estimate of drug-likeness (QED) is 0.748. The minimum atomic E-state index is -0.286. The zero-order valence-corrected chi connectivity index (χ0v) is 13.6. The van der Waals surface area contributed by atoms with Crippen LogP contribution in [-0.2, 0) is 9.59 Å². The van der Waals surface area contributed by atoms with Crippen LogP contribution in [0, 0.1) is 28.6 Å². The molecule has 0 amide bonds. The summed E-state index contributed by atoms with van der Waals surface area (Å²) in [6, 6.07) is 0.